The number of hydrogen-bond donors (Lipinski definition) is 2. The third-order valence-corrected chi connectivity index (χ3v) is 4.01. The van der Waals surface area contributed by atoms with E-state index in [0.717, 1.165) is 9.09 Å². The molecule has 0 unspecified atom stereocenters. The molecule has 4 nitrogen and oxygen atoms in total. The summed E-state index contributed by atoms with van der Waals surface area (Å²) in [5, 5.41) is 9.85. The molecular formula is C9H9NO3S2. The number of methoxy groups -OCH3 is 1. The van der Waals surface area contributed by atoms with E-state index in [9.17, 15) is 9.90 Å². The van der Waals surface area contributed by atoms with Crippen LogP contribution in [0.3, 0.4) is 0 Å². The number of ether oxygens (including phenoxy) is 1. The molecule has 1 aliphatic heterocycles. The monoisotopic (exact) mass is 243 g/mol. The lowest BCUT2D eigenvalue weighted by atomic mass is 10.2. The summed E-state index contributed by atoms with van der Waals surface area (Å²) in [5.74, 6) is -0.602. The highest BCUT2D eigenvalue weighted by Crippen LogP contribution is 2.38. The van der Waals surface area contributed by atoms with Crippen LogP contribution in [-0.4, -0.2) is 18.2 Å². The summed E-state index contributed by atoms with van der Waals surface area (Å²) in [6.45, 7) is 1.95. The number of carbonyl (C=O) groups excluding carboxylic acids is 1. The average molecular weight is 243 g/mol. The first-order valence-electron chi connectivity index (χ1n) is 4.18. The third-order valence-electron chi connectivity index (χ3n) is 1.95. The topological polar surface area (TPSA) is 58.6 Å². The molecule has 6 heteroatoms. The Morgan fingerprint density at radius 1 is 1.60 bits per heavy atom. The van der Waals surface area contributed by atoms with Crippen LogP contribution in [0, 0.1) is 6.92 Å². The predicted octanol–water partition coefficient (Wildman–Crippen LogP) is 2.07. The van der Waals surface area contributed by atoms with Crippen molar-refractivity contribution >= 4 is 35.0 Å². The van der Waals surface area contributed by atoms with Gasteiger partial charge in [0.2, 0.25) is 0 Å². The predicted molar refractivity (Wildman–Crippen MR) is 59.6 cm³/mol. The Morgan fingerprint density at radius 2 is 2.33 bits per heavy atom. The van der Waals surface area contributed by atoms with Gasteiger partial charge in [-0.25, -0.2) is 4.79 Å². The maximum Gasteiger partial charge on any atom is 0.358 e. The van der Waals surface area contributed by atoms with Gasteiger partial charge >= 0.3 is 5.97 Å². The summed E-state index contributed by atoms with van der Waals surface area (Å²) < 4.78 is 8.28. The summed E-state index contributed by atoms with van der Waals surface area (Å²) in [6.07, 6.45) is 0. The van der Waals surface area contributed by atoms with Crippen molar-refractivity contribution < 1.29 is 14.6 Å². The zero-order chi connectivity index (χ0) is 11.0. The molecule has 0 aromatic carbocycles. The Kier molecular flexibility index (Phi) is 2.62. The van der Waals surface area contributed by atoms with E-state index in [0.29, 0.717) is 5.56 Å². The van der Waals surface area contributed by atoms with E-state index in [1.165, 1.54) is 19.1 Å². The van der Waals surface area contributed by atoms with Crippen molar-refractivity contribution in [2.75, 3.05) is 7.11 Å². The molecule has 1 aliphatic rings. The Labute approximate surface area is 95.1 Å². The van der Waals surface area contributed by atoms with E-state index in [1.54, 1.807) is 11.3 Å². The first-order valence-corrected chi connectivity index (χ1v) is 5.82. The number of hydrogen-bond acceptors (Lipinski definition) is 6. The molecule has 0 spiro atoms. The van der Waals surface area contributed by atoms with Crippen LogP contribution in [0.2, 0.25) is 0 Å². The zero-order valence-electron chi connectivity index (χ0n) is 8.16. The second kappa shape index (κ2) is 3.79. The maximum atomic E-state index is 11.3. The van der Waals surface area contributed by atoms with Crippen LogP contribution >= 0.6 is 23.3 Å². The first kappa shape index (κ1) is 10.4. The number of carbonyl (C=O) groups is 1. The van der Waals surface area contributed by atoms with Crippen molar-refractivity contribution in [3.8, 4) is 0 Å². The number of nitrogens with one attached hydrogen (secondary N) is 1. The second-order valence-corrected chi connectivity index (χ2v) is 5.31. The lowest BCUT2D eigenvalue weighted by Crippen LogP contribution is -2.20. The molecule has 0 radical (unpaired) electrons. The van der Waals surface area contributed by atoms with Gasteiger partial charge in [0.05, 0.1) is 11.3 Å². The van der Waals surface area contributed by atoms with Gasteiger partial charge in [-0.05, 0) is 24.9 Å². The lowest BCUT2D eigenvalue weighted by molar-refractivity contribution is -0.136. The van der Waals surface area contributed by atoms with E-state index in [4.69, 9.17) is 0 Å². The van der Waals surface area contributed by atoms with Gasteiger partial charge in [-0.1, -0.05) is 0 Å². The van der Waals surface area contributed by atoms with Crippen molar-refractivity contribution in [3.05, 3.63) is 22.2 Å². The molecule has 0 fully saturated rings. The van der Waals surface area contributed by atoms with Gasteiger partial charge in [0.1, 0.15) is 0 Å². The molecule has 2 heterocycles. The van der Waals surface area contributed by atoms with Crippen LogP contribution in [0.15, 0.2) is 16.0 Å². The smallest absolute Gasteiger partial charge is 0.358 e. The number of rotatable bonds is 1. The molecule has 0 amide bonds. The minimum Gasteiger partial charge on any atom is -0.505 e. The molecular weight excluding hydrogens is 234 g/mol. The van der Waals surface area contributed by atoms with Crippen molar-refractivity contribution in [2.24, 2.45) is 0 Å². The van der Waals surface area contributed by atoms with Crippen LogP contribution in [0.25, 0.3) is 5.76 Å². The number of aliphatic hydroxyl groups excluding tert-OH is 1. The molecule has 0 saturated carbocycles. The summed E-state index contributed by atoms with van der Waals surface area (Å²) in [5.41, 5.74) is 0.800. The third kappa shape index (κ3) is 1.70. The number of esters is 1. The molecule has 2 N–H and O–H groups in total. The van der Waals surface area contributed by atoms with E-state index in [2.05, 4.69) is 9.46 Å². The average Bonchev–Trinajstić information content (AvgIpc) is 2.59. The van der Waals surface area contributed by atoms with Gasteiger partial charge in [0, 0.05) is 10.4 Å². The molecule has 0 bridgehead atoms. The molecule has 15 heavy (non-hydrogen) atoms. The molecule has 1 aromatic heterocycles. The summed E-state index contributed by atoms with van der Waals surface area (Å²) in [4.78, 5) is 12.4. The van der Waals surface area contributed by atoms with E-state index in [-0.39, 0.29) is 11.5 Å². The number of thiophene rings is 1. The number of aliphatic hydroxyl groups is 1. The van der Waals surface area contributed by atoms with Crippen LogP contribution in [0.4, 0.5) is 0 Å². The van der Waals surface area contributed by atoms with Crippen molar-refractivity contribution in [1.29, 1.82) is 0 Å². The summed E-state index contributed by atoms with van der Waals surface area (Å²) >= 11 is 2.88. The molecule has 0 saturated heterocycles. The fourth-order valence-corrected chi connectivity index (χ4v) is 3.32. The normalized spacial score (nSPS) is 14.5. The van der Waals surface area contributed by atoms with Crippen molar-refractivity contribution in [3.63, 3.8) is 0 Å². The Morgan fingerprint density at radius 3 is 3.00 bits per heavy atom. The number of fused-ring (bicyclic) bond motifs is 1. The zero-order valence-corrected chi connectivity index (χ0v) is 9.79. The molecule has 0 atom stereocenters. The highest BCUT2D eigenvalue weighted by Gasteiger charge is 2.26. The SMILES string of the molecule is COC(=O)C1=C(O)c2cc(C)sc2SN1. The van der Waals surface area contributed by atoms with Crippen molar-refractivity contribution in [2.45, 2.75) is 11.1 Å². The second-order valence-electron chi connectivity index (χ2n) is 2.98. The maximum absolute atomic E-state index is 11.3. The van der Waals surface area contributed by atoms with E-state index >= 15 is 0 Å². The fourth-order valence-electron chi connectivity index (χ4n) is 1.25. The summed E-state index contributed by atoms with van der Waals surface area (Å²) in [7, 11) is 1.28. The quantitative estimate of drug-likeness (QED) is 0.584. The minimum atomic E-state index is -0.561. The standard InChI is InChI=1S/C9H9NO3S2/c1-4-3-5-7(11)6(8(12)13-2)10-15-9(5)14-4/h3,10-11H,1-2H3. The van der Waals surface area contributed by atoms with E-state index < -0.39 is 5.97 Å². The van der Waals surface area contributed by atoms with Gasteiger partial charge in [0.15, 0.2) is 11.5 Å². The van der Waals surface area contributed by atoms with Crippen molar-refractivity contribution in [1.82, 2.24) is 4.72 Å². The number of aryl methyl sites for hydroxylation is 1. The van der Waals surface area contributed by atoms with Gasteiger partial charge in [0.25, 0.3) is 0 Å². The molecule has 1 aromatic rings. The van der Waals surface area contributed by atoms with Crippen LogP contribution < -0.4 is 4.72 Å². The highest BCUT2D eigenvalue weighted by molar-refractivity contribution is 7.99. The van der Waals surface area contributed by atoms with Gasteiger partial charge in [-0.3, -0.25) is 0 Å². The first-order chi connectivity index (χ1) is 7.13. The summed E-state index contributed by atoms with van der Waals surface area (Å²) in [6, 6.07) is 1.85. The van der Waals surface area contributed by atoms with E-state index in [1.807, 2.05) is 13.0 Å². The Hall–Kier alpha value is -1.14. The lowest BCUT2D eigenvalue weighted by Gasteiger charge is -2.15. The molecule has 80 valence electrons. The van der Waals surface area contributed by atoms with Crippen LogP contribution in [-0.2, 0) is 9.53 Å². The largest absolute Gasteiger partial charge is 0.505 e. The molecule has 0 aliphatic carbocycles. The Balaban J connectivity index is 2.48. The molecule has 2 rings (SSSR count). The minimum absolute atomic E-state index is 0.0417. The fraction of sp³-hybridized carbons (Fsp3) is 0.222. The van der Waals surface area contributed by atoms with Crippen LogP contribution in [0.5, 0.6) is 0 Å². The Bertz CT molecular complexity index is 450. The van der Waals surface area contributed by atoms with Gasteiger partial charge < -0.3 is 14.6 Å². The highest BCUT2D eigenvalue weighted by atomic mass is 32.2. The van der Waals surface area contributed by atoms with Gasteiger partial charge in [-0.15, -0.1) is 11.3 Å². The van der Waals surface area contributed by atoms with Crippen LogP contribution in [0.1, 0.15) is 10.4 Å². The van der Waals surface area contributed by atoms with Gasteiger partial charge in [-0.2, -0.15) is 0 Å².